The molecule has 1 unspecified atom stereocenters. The molecule has 0 fully saturated rings. The lowest BCUT2D eigenvalue weighted by Gasteiger charge is -2.18. The summed E-state index contributed by atoms with van der Waals surface area (Å²) in [6, 6.07) is 5.54. The normalized spacial score (nSPS) is 19.8. The summed E-state index contributed by atoms with van der Waals surface area (Å²) < 4.78 is 3.27. The predicted octanol–water partition coefficient (Wildman–Crippen LogP) is 1.55. The number of hydrogen-bond acceptors (Lipinski definition) is 2. The molecule has 2 heterocycles. The maximum atomic E-state index is 12.0. The van der Waals surface area contributed by atoms with Crippen molar-refractivity contribution in [3.05, 3.63) is 28.0 Å². The molecule has 0 saturated heterocycles. The maximum Gasteiger partial charge on any atom is 0.245 e. The monoisotopic (exact) mass is 341 g/mol. The summed E-state index contributed by atoms with van der Waals surface area (Å²) in [5, 5.41) is 1.18. The lowest BCUT2D eigenvalue weighted by molar-refractivity contribution is -0.119. The highest BCUT2D eigenvalue weighted by Crippen LogP contribution is 2.33. The number of hydrogen-bond donors (Lipinski definition) is 1. The molecule has 1 aliphatic rings. The molecular formula is C12H12IN3O. The third-order valence-corrected chi connectivity index (χ3v) is 4.09. The van der Waals surface area contributed by atoms with E-state index in [9.17, 15) is 4.79 Å². The molecule has 1 amide bonds. The zero-order chi connectivity index (χ0) is 12.2. The van der Waals surface area contributed by atoms with E-state index in [0.717, 1.165) is 11.2 Å². The number of rotatable bonds is 0. The van der Waals surface area contributed by atoms with Crippen LogP contribution < -0.4 is 10.6 Å². The van der Waals surface area contributed by atoms with Crippen LogP contribution in [0, 0.1) is 3.57 Å². The molecule has 3 rings (SSSR count). The van der Waals surface area contributed by atoms with E-state index < -0.39 is 6.04 Å². The molecule has 0 radical (unpaired) electrons. The van der Waals surface area contributed by atoms with E-state index in [4.69, 9.17) is 5.73 Å². The number of carbonyl (C=O) groups is 1. The quantitative estimate of drug-likeness (QED) is 0.740. The molecule has 1 atom stereocenters. The van der Waals surface area contributed by atoms with Gasteiger partial charge in [-0.1, -0.05) is 12.1 Å². The third-order valence-electron chi connectivity index (χ3n) is 3.23. The van der Waals surface area contributed by atoms with Gasteiger partial charge in [-0.25, -0.2) is 0 Å². The van der Waals surface area contributed by atoms with Crippen LogP contribution in [0.4, 0.5) is 5.69 Å². The van der Waals surface area contributed by atoms with Gasteiger partial charge in [0.2, 0.25) is 5.91 Å². The average molecular weight is 341 g/mol. The van der Waals surface area contributed by atoms with Gasteiger partial charge in [0.15, 0.2) is 0 Å². The summed E-state index contributed by atoms with van der Waals surface area (Å²) in [7, 11) is 1.78. The first-order valence-electron chi connectivity index (χ1n) is 5.40. The summed E-state index contributed by atoms with van der Waals surface area (Å²) in [5.74, 6) is -0.0313. The molecule has 1 aromatic carbocycles. The number of para-hydroxylation sites is 1. The first kappa shape index (κ1) is 11.0. The van der Waals surface area contributed by atoms with Crippen molar-refractivity contribution in [1.82, 2.24) is 4.57 Å². The van der Waals surface area contributed by atoms with Crippen molar-refractivity contribution < 1.29 is 4.79 Å². The Morgan fingerprint density at radius 1 is 1.47 bits per heavy atom. The molecule has 0 spiro atoms. The molecule has 0 aliphatic carbocycles. The van der Waals surface area contributed by atoms with E-state index in [1.54, 1.807) is 11.9 Å². The first-order chi connectivity index (χ1) is 8.09. The van der Waals surface area contributed by atoms with Gasteiger partial charge in [-0.05, 0) is 28.7 Å². The largest absolute Gasteiger partial charge is 0.343 e. The van der Waals surface area contributed by atoms with E-state index >= 15 is 0 Å². The van der Waals surface area contributed by atoms with Gasteiger partial charge in [-0.15, -0.1) is 0 Å². The number of nitrogens with zero attached hydrogens (tertiary/aromatic N) is 2. The lowest BCUT2D eigenvalue weighted by Crippen LogP contribution is -2.42. The van der Waals surface area contributed by atoms with Crippen LogP contribution in [0.5, 0.6) is 0 Å². The maximum absolute atomic E-state index is 12.0. The Kier molecular flexibility index (Phi) is 2.41. The number of carbonyl (C=O) groups excluding carboxylic acids is 1. The third kappa shape index (κ3) is 1.49. The number of halogens is 1. The highest BCUT2D eigenvalue weighted by molar-refractivity contribution is 14.1. The van der Waals surface area contributed by atoms with Crippen LogP contribution in [-0.4, -0.2) is 23.6 Å². The van der Waals surface area contributed by atoms with Gasteiger partial charge in [0.05, 0.1) is 11.2 Å². The average Bonchev–Trinajstić information content (AvgIpc) is 2.60. The minimum atomic E-state index is -0.473. The summed E-state index contributed by atoms with van der Waals surface area (Å²) in [4.78, 5) is 13.7. The molecule has 88 valence electrons. The zero-order valence-corrected chi connectivity index (χ0v) is 11.5. The summed E-state index contributed by atoms with van der Waals surface area (Å²) >= 11 is 2.31. The summed E-state index contributed by atoms with van der Waals surface area (Å²) in [6.07, 6.45) is 2.06. The number of nitrogens with two attached hydrogens (primary N) is 1. The Morgan fingerprint density at radius 3 is 3.00 bits per heavy atom. The molecule has 1 aromatic heterocycles. The Morgan fingerprint density at radius 2 is 2.24 bits per heavy atom. The van der Waals surface area contributed by atoms with Gasteiger partial charge >= 0.3 is 0 Å². The van der Waals surface area contributed by atoms with Crippen molar-refractivity contribution in [1.29, 1.82) is 0 Å². The second-order valence-corrected chi connectivity index (χ2v) is 5.47. The van der Waals surface area contributed by atoms with Crippen LogP contribution in [0.1, 0.15) is 0 Å². The molecule has 1 aliphatic heterocycles. The van der Waals surface area contributed by atoms with Crippen LogP contribution in [0.3, 0.4) is 0 Å². The second kappa shape index (κ2) is 3.71. The van der Waals surface area contributed by atoms with E-state index in [0.29, 0.717) is 6.54 Å². The fourth-order valence-corrected chi connectivity index (χ4v) is 3.14. The van der Waals surface area contributed by atoms with Crippen molar-refractivity contribution in [3.63, 3.8) is 0 Å². The number of amides is 1. The highest BCUT2D eigenvalue weighted by atomic mass is 127. The SMILES string of the molecule is CN1C(=O)C(N)Cn2cc(I)c3cccc1c32. The van der Waals surface area contributed by atoms with Gasteiger partial charge in [0, 0.05) is 28.7 Å². The Hall–Kier alpha value is -1.08. The van der Waals surface area contributed by atoms with Crippen molar-refractivity contribution >= 4 is 45.1 Å². The standard InChI is InChI=1S/C12H12IN3O/c1-15-10-4-2-3-7-8(13)5-16(11(7)10)6-9(14)12(15)17/h2-5,9H,6,14H2,1H3. The van der Waals surface area contributed by atoms with E-state index in [2.05, 4.69) is 39.4 Å². The first-order valence-corrected chi connectivity index (χ1v) is 6.48. The Bertz CT molecular complexity index is 619. The van der Waals surface area contributed by atoms with E-state index in [1.165, 1.54) is 8.96 Å². The summed E-state index contributed by atoms with van der Waals surface area (Å²) in [6.45, 7) is 0.541. The molecular weight excluding hydrogens is 329 g/mol. The van der Waals surface area contributed by atoms with Crippen LogP contribution in [0.15, 0.2) is 24.4 Å². The molecule has 0 bridgehead atoms. The lowest BCUT2D eigenvalue weighted by atomic mass is 10.2. The van der Waals surface area contributed by atoms with Gasteiger partial charge in [0.1, 0.15) is 6.04 Å². The number of anilines is 1. The molecule has 2 aromatic rings. The fourth-order valence-electron chi connectivity index (χ4n) is 2.37. The van der Waals surface area contributed by atoms with E-state index in [-0.39, 0.29) is 5.91 Å². The Balaban J connectivity index is 2.39. The molecule has 2 N–H and O–H groups in total. The molecule has 5 heteroatoms. The van der Waals surface area contributed by atoms with Gasteiger partial charge in [-0.2, -0.15) is 0 Å². The van der Waals surface area contributed by atoms with Crippen LogP contribution in [0.25, 0.3) is 10.9 Å². The van der Waals surface area contributed by atoms with Gasteiger partial charge in [0.25, 0.3) is 0 Å². The zero-order valence-electron chi connectivity index (χ0n) is 9.35. The van der Waals surface area contributed by atoms with Gasteiger partial charge in [-0.3, -0.25) is 4.79 Å². The smallest absolute Gasteiger partial charge is 0.245 e. The summed E-state index contributed by atoms with van der Waals surface area (Å²) in [5.41, 5.74) is 7.95. The highest BCUT2D eigenvalue weighted by Gasteiger charge is 2.27. The molecule has 17 heavy (non-hydrogen) atoms. The number of aromatic nitrogens is 1. The Labute approximate surface area is 113 Å². The molecule has 4 nitrogen and oxygen atoms in total. The van der Waals surface area contributed by atoms with Crippen molar-refractivity contribution in [2.45, 2.75) is 12.6 Å². The predicted molar refractivity (Wildman–Crippen MR) is 76.0 cm³/mol. The van der Waals surface area contributed by atoms with E-state index in [1.807, 2.05) is 12.1 Å². The van der Waals surface area contributed by atoms with Gasteiger partial charge < -0.3 is 15.2 Å². The van der Waals surface area contributed by atoms with Crippen LogP contribution in [0.2, 0.25) is 0 Å². The van der Waals surface area contributed by atoms with Crippen LogP contribution in [-0.2, 0) is 11.3 Å². The van der Waals surface area contributed by atoms with Crippen LogP contribution >= 0.6 is 22.6 Å². The number of likely N-dealkylation sites (N-methyl/N-ethyl adjacent to an activating group) is 1. The minimum absolute atomic E-state index is 0.0313. The second-order valence-electron chi connectivity index (χ2n) is 4.31. The van der Waals surface area contributed by atoms with Crippen molar-refractivity contribution in [2.75, 3.05) is 11.9 Å². The number of benzene rings is 1. The van der Waals surface area contributed by atoms with Crippen molar-refractivity contribution in [3.8, 4) is 0 Å². The van der Waals surface area contributed by atoms with Crippen molar-refractivity contribution in [2.24, 2.45) is 5.73 Å². The topological polar surface area (TPSA) is 51.3 Å². The molecule has 0 saturated carbocycles. The fraction of sp³-hybridized carbons (Fsp3) is 0.250. The minimum Gasteiger partial charge on any atom is -0.343 e.